The molecule has 1 N–H and O–H groups in total. The van der Waals surface area contributed by atoms with Crippen LogP contribution in [0, 0.1) is 0 Å². The van der Waals surface area contributed by atoms with Crippen LogP contribution in [0.3, 0.4) is 0 Å². The Bertz CT molecular complexity index is 321. The largest absolute Gasteiger partial charge is 0.469 e. The van der Waals surface area contributed by atoms with Gasteiger partial charge < -0.3 is 9.84 Å². The summed E-state index contributed by atoms with van der Waals surface area (Å²) in [5, 5.41) is 9.68. The Balaban J connectivity index is 2.65. The number of rotatable bonds is 4. The van der Waals surface area contributed by atoms with Gasteiger partial charge in [-0.25, -0.2) is 0 Å². The zero-order chi connectivity index (χ0) is 11.3. The third-order valence-corrected chi connectivity index (χ3v) is 2.83. The van der Waals surface area contributed by atoms with E-state index in [1.807, 2.05) is 30.5 Å². The van der Waals surface area contributed by atoms with Crippen molar-refractivity contribution in [3.05, 3.63) is 29.8 Å². The van der Waals surface area contributed by atoms with Crippen LogP contribution < -0.4 is 0 Å². The highest BCUT2D eigenvalue weighted by molar-refractivity contribution is 7.98. The monoisotopic (exact) mass is 226 g/mol. The molecule has 82 valence electrons. The van der Waals surface area contributed by atoms with Crippen LogP contribution in [0.1, 0.15) is 18.1 Å². The summed E-state index contributed by atoms with van der Waals surface area (Å²) in [6.45, 7) is 0. The maximum absolute atomic E-state index is 10.9. The molecule has 0 amide bonds. The first kappa shape index (κ1) is 12.1. The van der Waals surface area contributed by atoms with Crippen molar-refractivity contribution in [1.82, 2.24) is 0 Å². The Labute approximate surface area is 93.4 Å². The first-order valence-electron chi connectivity index (χ1n) is 4.56. The molecule has 0 aliphatic rings. The van der Waals surface area contributed by atoms with Crippen molar-refractivity contribution in [1.29, 1.82) is 0 Å². The molecule has 3 nitrogen and oxygen atoms in total. The molecule has 1 rings (SSSR count). The van der Waals surface area contributed by atoms with Crippen LogP contribution in [0.2, 0.25) is 0 Å². The lowest BCUT2D eigenvalue weighted by atomic mass is 10.1. The lowest BCUT2D eigenvalue weighted by Gasteiger charge is -2.09. The molecule has 0 heterocycles. The zero-order valence-corrected chi connectivity index (χ0v) is 9.58. The maximum Gasteiger partial charge on any atom is 0.308 e. The van der Waals surface area contributed by atoms with Gasteiger partial charge in [0.1, 0.15) is 0 Å². The number of aliphatic hydroxyl groups excluding tert-OH is 1. The molecule has 0 aromatic heterocycles. The number of esters is 1. The van der Waals surface area contributed by atoms with Gasteiger partial charge >= 0.3 is 5.97 Å². The average molecular weight is 226 g/mol. The molecule has 1 aromatic rings. The second-order valence-electron chi connectivity index (χ2n) is 3.07. The Morgan fingerprint density at radius 1 is 1.47 bits per heavy atom. The van der Waals surface area contributed by atoms with Gasteiger partial charge in [-0.2, -0.15) is 0 Å². The molecule has 1 unspecified atom stereocenters. The quantitative estimate of drug-likeness (QED) is 0.630. The van der Waals surface area contributed by atoms with E-state index in [1.165, 1.54) is 7.11 Å². The summed E-state index contributed by atoms with van der Waals surface area (Å²) in [7, 11) is 1.31. The van der Waals surface area contributed by atoms with Crippen LogP contribution >= 0.6 is 11.8 Å². The van der Waals surface area contributed by atoms with Gasteiger partial charge in [0.25, 0.3) is 0 Å². The lowest BCUT2D eigenvalue weighted by molar-refractivity contribution is -0.142. The van der Waals surface area contributed by atoms with E-state index < -0.39 is 12.1 Å². The minimum Gasteiger partial charge on any atom is -0.469 e. The number of hydrogen-bond donors (Lipinski definition) is 1. The topological polar surface area (TPSA) is 46.5 Å². The number of ether oxygens (including phenoxy) is 1. The Hall–Kier alpha value is -1.00. The summed E-state index contributed by atoms with van der Waals surface area (Å²) in [4.78, 5) is 12.1. The van der Waals surface area contributed by atoms with Gasteiger partial charge in [0, 0.05) is 4.90 Å². The van der Waals surface area contributed by atoms with Gasteiger partial charge in [-0.15, -0.1) is 11.8 Å². The highest BCUT2D eigenvalue weighted by Crippen LogP contribution is 2.21. The average Bonchev–Trinajstić information content (AvgIpc) is 2.29. The van der Waals surface area contributed by atoms with Gasteiger partial charge in [0.15, 0.2) is 0 Å². The number of methoxy groups -OCH3 is 1. The molecule has 0 saturated heterocycles. The van der Waals surface area contributed by atoms with E-state index in [0.717, 1.165) is 10.5 Å². The lowest BCUT2D eigenvalue weighted by Crippen LogP contribution is -2.07. The van der Waals surface area contributed by atoms with Gasteiger partial charge in [0.05, 0.1) is 19.6 Å². The number of thioether (sulfide) groups is 1. The maximum atomic E-state index is 10.9. The van der Waals surface area contributed by atoms with E-state index in [0.29, 0.717) is 0 Å². The zero-order valence-electron chi connectivity index (χ0n) is 8.77. The molecular weight excluding hydrogens is 212 g/mol. The summed E-state index contributed by atoms with van der Waals surface area (Å²) in [5.74, 6) is -0.406. The van der Waals surface area contributed by atoms with Gasteiger partial charge in [-0.05, 0) is 24.0 Å². The molecule has 0 spiro atoms. The minimum atomic E-state index is -0.784. The Morgan fingerprint density at radius 2 is 2.07 bits per heavy atom. The second-order valence-corrected chi connectivity index (χ2v) is 3.95. The molecule has 0 radical (unpaired) electrons. The third-order valence-electron chi connectivity index (χ3n) is 2.09. The number of carbonyl (C=O) groups is 1. The van der Waals surface area contributed by atoms with Crippen LogP contribution in [0.4, 0.5) is 0 Å². The Morgan fingerprint density at radius 3 is 2.53 bits per heavy atom. The molecular formula is C11H14O3S. The van der Waals surface area contributed by atoms with Crippen LogP contribution in [0.25, 0.3) is 0 Å². The summed E-state index contributed by atoms with van der Waals surface area (Å²) >= 11 is 1.63. The van der Waals surface area contributed by atoms with Crippen molar-refractivity contribution in [3.63, 3.8) is 0 Å². The third kappa shape index (κ3) is 3.57. The molecule has 0 saturated carbocycles. The number of benzene rings is 1. The number of carbonyl (C=O) groups excluding carboxylic acids is 1. The SMILES string of the molecule is COC(=O)CC(O)c1ccc(SC)cc1. The van der Waals surface area contributed by atoms with E-state index in [2.05, 4.69) is 4.74 Å². The van der Waals surface area contributed by atoms with Crippen LogP contribution in [-0.4, -0.2) is 24.4 Å². The predicted octanol–water partition coefficient (Wildman–Crippen LogP) is 2.00. The summed E-state index contributed by atoms with van der Waals surface area (Å²) in [5.41, 5.74) is 0.734. The standard InChI is InChI=1S/C11H14O3S/c1-14-11(13)7-10(12)8-3-5-9(15-2)6-4-8/h3-6,10,12H,7H2,1-2H3. The van der Waals surface area contributed by atoms with Gasteiger partial charge in [-0.1, -0.05) is 12.1 Å². The van der Waals surface area contributed by atoms with Crippen LogP contribution in [-0.2, 0) is 9.53 Å². The van der Waals surface area contributed by atoms with Crippen molar-refractivity contribution >= 4 is 17.7 Å². The second kappa shape index (κ2) is 5.78. The van der Waals surface area contributed by atoms with Crippen LogP contribution in [0.5, 0.6) is 0 Å². The predicted molar refractivity (Wildman–Crippen MR) is 59.8 cm³/mol. The fourth-order valence-electron chi connectivity index (χ4n) is 1.19. The van der Waals surface area contributed by atoms with E-state index >= 15 is 0 Å². The fraction of sp³-hybridized carbons (Fsp3) is 0.364. The van der Waals surface area contributed by atoms with Gasteiger partial charge in [0.2, 0.25) is 0 Å². The molecule has 15 heavy (non-hydrogen) atoms. The fourth-order valence-corrected chi connectivity index (χ4v) is 1.59. The summed E-state index contributed by atoms with van der Waals surface area (Å²) in [6, 6.07) is 7.47. The van der Waals surface area contributed by atoms with E-state index in [1.54, 1.807) is 11.8 Å². The molecule has 1 atom stereocenters. The van der Waals surface area contributed by atoms with E-state index in [4.69, 9.17) is 0 Å². The number of aliphatic hydroxyl groups is 1. The normalized spacial score (nSPS) is 12.2. The molecule has 0 bridgehead atoms. The Kier molecular flexibility index (Phi) is 4.65. The minimum absolute atomic E-state index is 0.00485. The van der Waals surface area contributed by atoms with Gasteiger partial charge in [-0.3, -0.25) is 4.79 Å². The molecule has 0 fully saturated rings. The van der Waals surface area contributed by atoms with Crippen molar-refractivity contribution in [2.24, 2.45) is 0 Å². The molecule has 0 aliphatic heterocycles. The van der Waals surface area contributed by atoms with Crippen molar-refractivity contribution in [2.45, 2.75) is 17.4 Å². The first-order chi connectivity index (χ1) is 7.17. The summed E-state index contributed by atoms with van der Waals surface area (Å²) in [6.07, 6.45) is 1.20. The van der Waals surface area contributed by atoms with E-state index in [9.17, 15) is 9.90 Å². The molecule has 1 aromatic carbocycles. The highest BCUT2D eigenvalue weighted by atomic mass is 32.2. The summed E-state index contributed by atoms with van der Waals surface area (Å²) < 4.78 is 4.48. The van der Waals surface area contributed by atoms with Crippen LogP contribution in [0.15, 0.2) is 29.2 Å². The first-order valence-corrected chi connectivity index (χ1v) is 5.78. The van der Waals surface area contributed by atoms with Crippen molar-refractivity contribution in [2.75, 3.05) is 13.4 Å². The molecule has 0 aliphatic carbocycles. The van der Waals surface area contributed by atoms with E-state index in [-0.39, 0.29) is 6.42 Å². The highest BCUT2D eigenvalue weighted by Gasteiger charge is 2.12. The smallest absolute Gasteiger partial charge is 0.308 e. The number of hydrogen-bond acceptors (Lipinski definition) is 4. The van der Waals surface area contributed by atoms with Crippen molar-refractivity contribution < 1.29 is 14.6 Å². The van der Waals surface area contributed by atoms with Crippen molar-refractivity contribution in [3.8, 4) is 0 Å². The molecule has 4 heteroatoms.